The summed E-state index contributed by atoms with van der Waals surface area (Å²) in [5, 5.41) is 8.75. The third-order valence-corrected chi connectivity index (χ3v) is 3.04. The highest BCUT2D eigenvalue weighted by molar-refractivity contribution is 5.97. The van der Waals surface area contributed by atoms with Crippen LogP contribution in [0.2, 0.25) is 0 Å². The van der Waals surface area contributed by atoms with Crippen molar-refractivity contribution in [1.29, 1.82) is 5.26 Å². The molecule has 0 aliphatic carbocycles. The van der Waals surface area contributed by atoms with Crippen molar-refractivity contribution >= 4 is 5.78 Å². The minimum atomic E-state index is -0.0215. The summed E-state index contributed by atoms with van der Waals surface area (Å²) in [6, 6.07) is 16.5. The lowest BCUT2D eigenvalue weighted by Gasteiger charge is -2.03. The second-order valence-electron chi connectivity index (χ2n) is 5.04. The largest absolute Gasteiger partial charge is 0.294 e. The van der Waals surface area contributed by atoms with Gasteiger partial charge in [-0.2, -0.15) is 5.26 Å². The second kappa shape index (κ2) is 6.55. The predicted molar refractivity (Wildman–Crippen MR) is 82.7 cm³/mol. The number of ketones is 1. The number of nitrogens with zero attached hydrogens (tertiary/aromatic N) is 1. The third-order valence-electron chi connectivity index (χ3n) is 3.04. The van der Waals surface area contributed by atoms with Crippen molar-refractivity contribution in [2.45, 2.75) is 13.8 Å². The molecule has 21 heavy (non-hydrogen) atoms. The fourth-order valence-electron chi connectivity index (χ4n) is 1.86. The summed E-state index contributed by atoms with van der Waals surface area (Å²) in [6.07, 6.45) is 0. The van der Waals surface area contributed by atoms with Crippen molar-refractivity contribution in [2.24, 2.45) is 5.92 Å². The molecule has 0 atom stereocenters. The molecule has 2 aromatic carbocycles. The molecule has 0 spiro atoms. The molecule has 0 saturated carbocycles. The maximum atomic E-state index is 12.0. The topological polar surface area (TPSA) is 40.9 Å². The Labute approximate surface area is 125 Å². The molecular formula is C19H15NO. The van der Waals surface area contributed by atoms with Crippen LogP contribution in [0.4, 0.5) is 0 Å². The van der Waals surface area contributed by atoms with E-state index < -0.39 is 0 Å². The third kappa shape index (κ3) is 3.81. The molecule has 0 aliphatic heterocycles. The number of carbonyl (C=O) groups excluding carboxylic acids is 1. The van der Waals surface area contributed by atoms with Crippen molar-refractivity contribution in [3.8, 4) is 17.9 Å². The smallest absolute Gasteiger partial charge is 0.165 e. The molecule has 0 heterocycles. The first-order valence-corrected chi connectivity index (χ1v) is 6.76. The molecule has 2 nitrogen and oxygen atoms in total. The van der Waals surface area contributed by atoms with Gasteiger partial charge in [0.1, 0.15) is 0 Å². The summed E-state index contributed by atoms with van der Waals surface area (Å²) in [5.41, 5.74) is 2.96. The Bertz CT molecular complexity index is 753. The van der Waals surface area contributed by atoms with E-state index in [0.29, 0.717) is 11.1 Å². The Hall–Kier alpha value is -2.84. The van der Waals surface area contributed by atoms with Crippen LogP contribution in [0, 0.1) is 29.1 Å². The van der Waals surface area contributed by atoms with Gasteiger partial charge >= 0.3 is 0 Å². The van der Waals surface area contributed by atoms with E-state index in [2.05, 4.69) is 17.9 Å². The standard InChI is InChI=1S/C19H15NO/c1-14(2)19(21)18-5-3-4-16(12-18)9-6-15-7-10-17(13-20)11-8-15/h3-5,7-8,10-12,14H,1-2H3. The van der Waals surface area contributed by atoms with Crippen LogP contribution in [-0.4, -0.2) is 5.78 Å². The first-order valence-electron chi connectivity index (χ1n) is 6.76. The average Bonchev–Trinajstić information content (AvgIpc) is 2.53. The van der Waals surface area contributed by atoms with Crippen LogP contribution in [0.25, 0.3) is 0 Å². The normalized spacial score (nSPS) is 9.62. The lowest BCUT2D eigenvalue weighted by atomic mass is 9.99. The number of carbonyl (C=O) groups is 1. The Balaban J connectivity index is 2.24. The molecule has 0 aromatic heterocycles. The summed E-state index contributed by atoms with van der Waals surface area (Å²) in [6.45, 7) is 3.77. The van der Waals surface area contributed by atoms with Crippen molar-refractivity contribution in [1.82, 2.24) is 0 Å². The molecule has 0 amide bonds. The van der Waals surface area contributed by atoms with Gasteiger partial charge in [0.25, 0.3) is 0 Å². The van der Waals surface area contributed by atoms with Crippen molar-refractivity contribution in [2.75, 3.05) is 0 Å². The molecule has 0 radical (unpaired) electrons. The Kier molecular flexibility index (Phi) is 4.54. The molecule has 102 valence electrons. The Morgan fingerprint density at radius 2 is 1.57 bits per heavy atom. The zero-order valence-corrected chi connectivity index (χ0v) is 12.1. The van der Waals surface area contributed by atoms with Gasteiger partial charge in [-0.25, -0.2) is 0 Å². The zero-order valence-electron chi connectivity index (χ0n) is 12.1. The molecule has 2 rings (SSSR count). The van der Waals surface area contributed by atoms with Gasteiger partial charge in [0.05, 0.1) is 11.6 Å². The zero-order chi connectivity index (χ0) is 15.2. The number of Topliss-reactive ketones (excluding diaryl/α,β-unsaturated/α-hetero) is 1. The van der Waals surface area contributed by atoms with E-state index in [9.17, 15) is 4.79 Å². The maximum Gasteiger partial charge on any atom is 0.165 e. The van der Waals surface area contributed by atoms with Gasteiger partial charge in [0, 0.05) is 22.6 Å². The SMILES string of the molecule is CC(C)C(=O)c1cccc(C#Cc2ccc(C#N)cc2)c1. The summed E-state index contributed by atoms with van der Waals surface area (Å²) in [7, 11) is 0. The van der Waals surface area contributed by atoms with Gasteiger partial charge in [-0.05, 0) is 36.4 Å². The van der Waals surface area contributed by atoms with E-state index in [1.165, 1.54) is 0 Å². The highest BCUT2D eigenvalue weighted by Crippen LogP contribution is 2.10. The summed E-state index contributed by atoms with van der Waals surface area (Å²) in [4.78, 5) is 12.0. The van der Waals surface area contributed by atoms with E-state index in [1.807, 2.05) is 50.2 Å². The molecular weight excluding hydrogens is 258 g/mol. The van der Waals surface area contributed by atoms with Gasteiger partial charge in [-0.3, -0.25) is 4.79 Å². The highest BCUT2D eigenvalue weighted by atomic mass is 16.1. The lowest BCUT2D eigenvalue weighted by Crippen LogP contribution is -2.07. The first kappa shape index (κ1) is 14.6. The minimum Gasteiger partial charge on any atom is -0.294 e. The van der Waals surface area contributed by atoms with E-state index >= 15 is 0 Å². The number of nitriles is 1. The molecule has 0 saturated heterocycles. The van der Waals surface area contributed by atoms with Gasteiger partial charge < -0.3 is 0 Å². The predicted octanol–water partition coefficient (Wildman–Crippen LogP) is 3.80. The molecule has 0 aliphatic rings. The van der Waals surface area contributed by atoms with E-state index in [0.717, 1.165) is 11.1 Å². The molecule has 2 heteroatoms. The van der Waals surface area contributed by atoms with Crippen LogP contribution < -0.4 is 0 Å². The molecule has 0 N–H and O–H groups in total. The van der Waals surface area contributed by atoms with Crippen LogP contribution in [0.5, 0.6) is 0 Å². The van der Waals surface area contributed by atoms with Crippen LogP contribution in [0.1, 0.15) is 40.9 Å². The van der Waals surface area contributed by atoms with Crippen molar-refractivity contribution in [3.05, 3.63) is 70.8 Å². The molecule has 0 unspecified atom stereocenters. The molecule has 0 bridgehead atoms. The second-order valence-corrected chi connectivity index (χ2v) is 5.04. The molecule has 0 fully saturated rings. The van der Waals surface area contributed by atoms with Crippen molar-refractivity contribution in [3.63, 3.8) is 0 Å². The van der Waals surface area contributed by atoms with Gasteiger partial charge in [0.15, 0.2) is 5.78 Å². The number of rotatable bonds is 2. The Morgan fingerprint density at radius 3 is 2.19 bits per heavy atom. The summed E-state index contributed by atoms with van der Waals surface area (Å²) < 4.78 is 0. The lowest BCUT2D eigenvalue weighted by molar-refractivity contribution is 0.0939. The van der Waals surface area contributed by atoms with Gasteiger partial charge in [-0.1, -0.05) is 37.8 Å². The highest BCUT2D eigenvalue weighted by Gasteiger charge is 2.09. The monoisotopic (exact) mass is 273 g/mol. The maximum absolute atomic E-state index is 12.0. The quantitative estimate of drug-likeness (QED) is 0.617. The van der Waals surface area contributed by atoms with Crippen LogP contribution in [-0.2, 0) is 0 Å². The van der Waals surface area contributed by atoms with E-state index in [4.69, 9.17) is 5.26 Å². The fourth-order valence-corrected chi connectivity index (χ4v) is 1.86. The molecule has 2 aromatic rings. The number of hydrogen-bond donors (Lipinski definition) is 0. The van der Waals surface area contributed by atoms with Crippen LogP contribution in [0.3, 0.4) is 0 Å². The average molecular weight is 273 g/mol. The Morgan fingerprint density at radius 1 is 0.952 bits per heavy atom. The van der Waals surface area contributed by atoms with Crippen LogP contribution in [0.15, 0.2) is 48.5 Å². The minimum absolute atomic E-state index is 0.0215. The van der Waals surface area contributed by atoms with Gasteiger partial charge in [0.2, 0.25) is 0 Å². The number of benzene rings is 2. The summed E-state index contributed by atoms with van der Waals surface area (Å²) in [5.74, 6) is 6.19. The van der Waals surface area contributed by atoms with Crippen molar-refractivity contribution < 1.29 is 4.79 Å². The fraction of sp³-hybridized carbons (Fsp3) is 0.158. The van der Waals surface area contributed by atoms with Crippen LogP contribution >= 0.6 is 0 Å². The van der Waals surface area contributed by atoms with E-state index in [-0.39, 0.29) is 11.7 Å². The summed E-state index contributed by atoms with van der Waals surface area (Å²) >= 11 is 0. The van der Waals surface area contributed by atoms with Gasteiger partial charge in [-0.15, -0.1) is 0 Å². The van der Waals surface area contributed by atoms with E-state index in [1.54, 1.807) is 12.1 Å². The number of hydrogen-bond acceptors (Lipinski definition) is 2. The first-order chi connectivity index (χ1) is 10.1.